The van der Waals surface area contributed by atoms with Crippen molar-refractivity contribution in [3.05, 3.63) is 70.4 Å². The molecule has 4 heterocycles. The lowest BCUT2D eigenvalue weighted by Gasteiger charge is -2.33. The average molecular weight is 549 g/mol. The first kappa shape index (κ1) is 26.9. The molecular formula is C28H32N6O4S. The topological polar surface area (TPSA) is 133 Å². The number of ether oxygens (including phenoxy) is 1. The average Bonchev–Trinajstić information content (AvgIpc) is 2.93. The fraction of sp³-hybridized carbons (Fsp3) is 0.357. The number of aromatic nitrogens is 4. The van der Waals surface area contributed by atoms with Crippen LogP contribution in [0.2, 0.25) is 0 Å². The van der Waals surface area contributed by atoms with E-state index in [0.29, 0.717) is 40.9 Å². The first-order valence-electron chi connectivity index (χ1n) is 12.9. The van der Waals surface area contributed by atoms with Crippen LogP contribution in [0, 0.1) is 6.92 Å². The molecule has 0 aliphatic carbocycles. The number of fused-ring (bicyclic) bond motifs is 1. The SMILES string of the molecule is COc1cncc(-c2cc3cc[nH]c(=O)c3c(Nc3ccc(C4CCN(CC(C)S(=O)O)CC4)c(C)c3)n2)n1. The summed E-state index contributed by atoms with van der Waals surface area (Å²) in [5, 5.41) is 4.31. The molecule has 1 aromatic carbocycles. The van der Waals surface area contributed by atoms with Crippen molar-refractivity contribution in [3.8, 4) is 17.3 Å². The summed E-state index contributed by atoms with van der Waals surface area (Å²) in [4.78, 5) is 31.2. The zero-order valence-electron chi connectivity index (χ0n) is 22.2. The molecule has 2 unspecified atom stereocenters. The maximum Gasteiger partial charge on any atom is 0.259 e. The van der Waals surface area contributed by atoms with Gasteiger partial charge in [-0.05, 0) is 86.5 Å². The predicted molar refractivity (Wildman–Crippen MR) is 153 cm³/mol. The van der Waals surface area contributed by atoms with Crippen LogP contribution < -0.4 is 15.6 Å². The van der Waals surface area contributed by atoms with Crippen molar-refractivity contribution in [2.45, 2.75) is 37.9 Å². The Morgan fingerprint density at radius 1 is 1.18 bits per heavy atom. The molecule has 2 atom stereocenters. The fourth-order valence-corrected chi connectivity index (χ4v) is 5.55. The van der Waals surface area contributed by atoms with Gasteiger partial charge in [0.15, 0.2) is 11.1 Å². The van der Waals surface area contributed by atoms with Gasteiger partial charge < -0.3 is 24.5 Å². The molecule has 3 N–H and O–H groups in total. The van der Waals surface area contributed by atoms with Crippen LogP contribution in [0.1, 0.15) is 36.8 Å². The second kappa shape index (κ2) is 11.6. The standard InChI is InChI=1S/C28H32N6O4S/c1-17-12-21(4-5-22(17)19-7-10-34(11-8-19)16-18(2)39(36)37)31-27-26-20(6-9-30-28(26)35)13-23(33-27)24-14-29-15-25(32-24)38-3/h4-6,9,12-15,18-19H,7-8,10-11,16H2,1-3H3,(H,30,35)(H,31,33)(H,36,37). The molecule has 0 bridgehead atoms. The smallest absolute Gasteiger partial charge is 0.259 e. The van der Waals surface area contributed by atoms with Gasteiger partial charge in [0, 0.05) is 18.4 Å². The number of rotatable bonds is 8. The lowest BCUT2D eigenvalue weighted by Crippen LogP contribution is -2.38. The molecule has 0 saturated carbocycles. The second-order valence-corrected chi connectivity index (χ2v) is 11.3. The Kier molecular flexibility index (Phi) is 8.01. The minimum Gasteiger partial charge on any atom is -0.480 e. The van der Waals surface area contributed by atoms with Crippen molar-refractivity contribution >= 4 is 33.4 Å². The maximum atomic E-state index is 12.8. The van der Waals surface area contributed by atoms with Crippen LogP contribution in [0.5, 0.6) is 5.88 Å². The number of pyridine rings is 2. The van der Waals surface area contributed by atoms with Crippen molar-refractivity contribution in [2.24, 2.45) is 0 Å². The number of methoxy groups -OCH3 is 1. The monoisotopic (exact) mass is 548 g/mol. The van der Waals surface area contributed by atoms with E-state index in [-0.39, 0.29) is 10.8 Å². The Labute approximate surface area is 229 Å². The lowest BCUT2D eigenvalue weighted by atomic mass is 9.86. The predicted octanol–water partition coefficient (Wildman–Crippen LogP) is 4.23. The number of H-pyrrole nitrogens is 1. The van der Waals surface area contributed by atoms with Crippen molar-refractivity contribution < 1.29 is 13.5 Å². The summed E-state index contributed by atoms with van der Waals surface area (Å²) in [7, 11) is 1.53. The maximum absolute atomic E-state index is 12.8. The molecule has 1 aliphatic rings. The largest absolute Gasteiger partial charge is 0.480 e. The number of nitrogens with one attached hydrogen (secondary N) is 2. The van der Waals surface area contributed by atoms with E-state index in [0.717, 1.165) is 42.6 Å². The van der Waals surface area contributed by atoms with E-state index in [2.05, 4.69) is 44.2 Å². The van der Waals surface area contributed by atoms with Crippen molar-refractivity contribution in [1.29, 1.82) is 0 Å². The highest BCUT2D eigenvalue weighted by Gasteiger charge is 2.24. The number of hydrogen-bond donors (Lipinski definition) is 3. The minimum atomic E-state index is -1.79. The summed E-state index contributed by atoms with van der Waals surface area (Å²) in [5.74, 6) is 1.25. The van der Waals surface area contributed by atoms with E-state index in [4.69, 9.17) is 9.72 Å². The van der Waals surface area contributed by atoms with E-state index >= 15 is 0 Å². The van der Waals surface area contributed by atoms with Gasteiger partial charge in [-0.25, -0.2) is 14.2 Å². The number of aryl methyl sites for hydroxylation is 1. The van der Waals surface area contributed by atoms with E-state index in [1.165, 1.54) is 18.9 Å². The molecule has 1 fully saturated rings. The third-order valence-corrected chi connectivity index (χ3v) is 8.10. The van der Waals surface area contributed by atoms with Crippen LogP contribution in [-0.2, 0) is 11.1 Å². The fourth-order valence-electron chi connectivity index (χ4n) is 5.21. The Morgan fingerprint density at radius 2 is 1.97 bits per heavy atom. The van der Waals surface area contributed by atoms with Crippen molar-refractivity contribution in [2.75, 3.05) is 32.1 Å². The van der Waals surface area contributed by atoms with Gasteiger partial charge in [-0.2, -0.15) is 0 Å². The Morgan fingerprint density at radius 3 is 2.69 bits per heavy atom. The minimum absolute atomic E-state index is 0.231. The normalized spacial score (nSPS) is 16.2. The van der Waals surface area contributed by atoms with Crippen LogP contribution in [0.3, 0.4) is 0 Å². The highest BCUT2D eigenvalue weighted by atomic mass is 32.2. The van der Waals surface area contributed by atoms with Crippen molar-refractivity contribution in [1.82, 2.24) is 24.8 Å². The Balaban J connectivity index is 1.39. The van der Waals surface area contributed by atoms with Gasteiger partial charge in [0.05, 0.1) is 35.8 Å². The van der Waals surface area contributed by atoms with Gasteiger partial charge in [-0.1, -0.05) is 6.07 Å². The van der Waals surface area contributed by atoms with E-state index in [1.54, 1.807) is 12.4 Å². The second-order valence-electron chi connectivity index (χ2n) is 9.93. The number of likely N-dealkylation sites (tertiary alicyclic amines) is 1. The van der Waals surface area contributed by atoms with Crippen LogP contribution in [-0.4, -0.2) is 65.6 Å². The summed E-state index contributed by atoms with van der Waals surface area (Å²) in [6, 6.07) is 9.90. The number of aromatic amines is 1. The van der Waals surface area contributed by atoms with Gasteiger partial charge in [-0.15, -0.1) is 0 Å². The van der Waals surface area contributed by atoms with Crippen LogP contribution in [0.25, 0.3) is 22.2 Å². The third-order valence-electron chi connectivity index (χ3n) is 7.26. The zero-order valence-corrected chi connectivity index (χ0v) is 23.0. The summed E-state index contributed by atoms with van der Waals surface area (Å²) in [6.07, 6.45) is 6.76. The first-order valence-corrected chi connectivity index (χ1v) is 14.1. The molecule has 11 heteroatoms. The molecule has 1 saturated heterocycles. The van der Waals surface area contributed by atoms with Crippen LogP contribution >= 0.6 is 0 Å². The van der Waals surface area contributed by atoms with Gasteiger partial charge in [-0.3, -0.25) is 9.78 Å². The molecule has 1 aliphatic heterocycles. The van der Waals surface area contributed by atoms with E-state index in [1.807, 2.05) is 25.1 Å². The third kappa shape index (κ3) is 6.00. The molecule has 0 radical (unpaired) electrons. The van der Waals surface area contributed by atoms with Gasteiger partial charge in [0.25, 0.3) is 5.56 Å². The molecular weight excluding hydrogens is 516 g/mol. The van der Waals surface area contributed by atoms with E-state index in [9.17, 15) is 13.6 Å². The number of benzene rings is 1. The van der Waals surface area contributed by atoms with Crippen LogP contribution in [0.15, 0.2) is 53.7 Å². The molecule has 0 amide bonds. The van der Waals surface area contributed by atoms with Gasteiger partial charge in [0.1, 0.15) is 11.5 Å². The highest BCUT2D eigenvalue weighted by Crippen LogP contribution is 2.33. The highest BCUT2D eigenvalue weighted by molar-refractivity contribution is 7.79. The molecule has 10 nitrogen and oxygen atoms in total. The summed E-state index contributed by atoms with van der Waals surface area (Å²) in [5.41, 5.74) is 4.17. The molecule has 0 spiro atoms. The first-order chi connectivity index (χ1) is 18.8. The molecule has 3 aromatic heterocycles. The van der Waals surface area contributed by atoms with E-state index < -0.39 is 11.1 Å². The summed E-state index contributed by atoms with van der Waals surface area (Å²) < 4.78 is 25.9. The molecule has 5 rings (SSSR count). The quantitative estimate of drug-likeness (QED) is 0.277. The number of piperidine rings is 1. The molecule has 39 heavy (non-hydrogen) atoms. The van der Waals surface area contributed by atoms with Crippen molar-refractivity contribution in [3.63, 3.8) is 0 Å². The molecule has 4 aromatic rings. The number of hydrogen-bond acceptors (Lipinski definition) is 8. The zero-order chi connectivity index (χ0) is 27.5. The molecule has 204 valence electrons. The van der Waals surface area contributed by atoms with Crippen LogP contribution in [0.4, 0.5) is 11.5 Å². The lowest BCUT2D eigenvalue weighted by molar-refractivity contribution is 0.213. The summed E-state index contributed by atoms with van der Waals surface area (Å²) >= 11 is -1.79. The van der Waals surface area contributed by atoms with Gasteiger partial charge in [0.2, 0.25) is 5.88 Å². The number of nitrogens with zero attached hydrogens (tertiary/aromatic N) is 4. The Bertz CT molecular complexity index is 1570. The number of anilines is 2. The summed E-state index contributed by atoms with van der Waals surface area (Å²) in [6.45, 7) is 6.36. The van der Waals surface area contributed by atoms with Gasteiger partial charge >= 0.3 is 0 Å². The Hall–Kier alpha value is -3.67.